The van der Waals surface area contributed by atoms with Gasteiger partial charge in [0, 0.05) is 17.6 Å². The number of hydrogen-bond donors (Lipinski definition) is 1. The largest absolute Gasteiger partial charge is 0.273 e. The maximum Gasteiger partial charge on any atom is 0.209 e. The zero-order valence-corrected chi connectivity index (χ0v) is 16.1. The van der Waals surface area contributed by atoms with Crippen LogP contribution in [0.25, 0.3) is 5.69 Å². The van der Waals surface area contributed by atoms with Gasteiger partial charge in [-0.1, -0.05) is 35.5 Å². The smallest absolute Gasteiger partial charge is 0.209 e. The lowest BCUT2D eigenvalue weighted by molar-refractivity contribution is 0.584. The van der Waals surface area contributed by atoms with Crippen LogP contribution in [0.2, 0.25) is 0 Å². The number of benzene rings is 1. The highest BCUT2D eigenvalue weighted by Gasteiger charge is 2.16. The fourth-order valence-electron chi connectivity index (χ4n) is 2.28. The zero-order chi connectivity index (χ0) is 18.6. The van der Waals surface area contributed by atoms with Gasteiger partial charge >= 0.3 is 0 Å². The summed E-state index contributed by atoms with van der Waals surface area (Å²) in [4.78, 5) is 4.31. The number of rotatable bonds is 7. The van der Waals surface area contributed by atoms with E-state index in [0.29, 0.717) is 16.7 Å². The Balaban J connectivity index is 1.90. The van der Waals surface area contributed by atoms with Crippen molar-refractivity contribution in [1.82, 2.24) is 24.5 Å². The van der Waals surface area contributed by atoms with Gasteiger partial charge in [0.05, 0.1) is 18.5 Å². The highest BCUT2D eigenvalue weighted by Crippen LogP contribution is 2.25. The Morgan fingerprint density at radius 3 is 2.54 bits per heavy atom. The lowest BCUT2D eigenvalue weighted by Crippen LogP contribution is -2.23. The van der Waals surface area contributed by atoms with Gasteiger partial charge in [-0.05, 0) is 31.2 Å². The molecule has 0 saturated carbocycles. The van der Waals surface area contributed by atoms with E-state index in [4.69, 9.17) is 0 Å². The van der Waals surface area contributed by atoms with E-state index < -0.39 is 10.0 Å². The molecule has 136 valence electrons. The molecule has 0 aliphatic rings. The molecule has 9 heteroatoms. The van der Waals surface area contributed by atoms with Crippen molar-refractivity contribution in [2.75, 3.05) is 6.26 Å². The van der Waals surface area contributed by atoms with Gasteiger partial charge in [0.1, 0.15) is 0 Å². The van der Waals surface area contributed by atoms with Gasteiger partial charge in [0.2, 0.25) is 10.0 Å². The molecule has 1 N–H and O–H groups in total. The van der Waals surface area contributed by atoms with E-state index in [1.165, 1.54) is 11.8 Å². The SMILES string of the molecule is Cc1ccc(-n2c(CNS(C)(=O)=O)nnc2SCc2ccccn2)cc1. The highest BCUT2D eigenvalue weighted by atomic mass is 32.2. The van der Waals surface area contributed by atoms with Gasteiger partial charge in [-0.3, -0.25) is 9.55 Å². The molecular weight excluding hydrogens is 370 g/mol. The first kappa shape index (κ1) is 18.6. The number of sulfonamides is 1. The van der Waals surface area contributed by atoms with Crippen molar-refractivity contribution in [2.45, 2.75) is 24.4 Å². The number of thioether (sulfide) groups is 1. The van der Waals surface area contributed by atoms with Crippen molar-refractivity contribution in [1.29, 1.82) is 0 Å². The molecule has 7 nitrogen and oxygen atoms in total. The first-order chi connectivity index (χ1) is 12.4. The van der Waals surface area contributed by atoms with Gasteiger partial charge in [-0.15, -0.1) is 10.2 Å². The topological polar surface area (TPSA) is 89.8 Å². The molecule has 0 saturated heterocycles. The molecule has 0 aliphatic carbocycles. The molecule has 0 bridgehead atoms. The second-order valence-corrected chi connectivity index (χ2v) is 8.55. The van der Waals surface area contributed by atoms with E-state index in [2.05, 4.69) is 19.9 Å². The number of nitrogens with one attached hydrogen (secondary N) is 1. The Hall–Kier alpha value is -2.23. The summed E-state index contributed by atoms with van der Waals surface area (Å²) in [6.07, 6.45) is 2.87. The van der Waals surface area contributed by atoms with Crippen LogP contribution in [0, 0.1) is 6.92 Å². The highest BCUT2D eigenvalue weighted by molar-refractivity contribution is 7.98. The molecule has 0 aliphatic heterocycles. The third-order valence-electron chi connectivity index (χ3n) is 3.56. The van der Waals surface area contributed by atoms with Crippen LogP contribution in [0.5, 0.6) is 0 Å². The number of hydrogen-bond acceptors (Lipinski definition) is 6. The minimum absolute atomic E-state index is 0.0733. The maximum atomic E-state index is 11.4. The molecule has 3 aromatic rings. The summed E-state index contributed by atoms with van der Waals surface area (Å²) in [6, 6.07) is 13.7. The molecule has 26 heavy (non-hydrogen) atoms. The van der Waals surface area contributed by atoms with Crippen molar-refractivity contribution < 1.29 is 8.42 Å². The summed E-state index contributed by atoms with van der Waals surface area (Å²) >= 11 is 1.50. The van der Waals surface area contributed by atoms with E-state index >= 15 is 0 Å². The quantitative estimate of drug-likeness (QED) is 0.624. The summed E-state index contributed by atoms with van der Waals surface area (Å²) in [5.74, 6) is 1.17. The van der Waals surface area contributed by atoms with Crippen LogP contribution in [0.15, 0.2) is 53.8 Å². The third-order valence-corrected chi connectivity index (χ3v) is 5.19. The average molecular weight is 390 g/mol. The molecule has 0 radical (unpaired) electrons. The van der Waals surface area contributed by atoms with E-state index in [1.807, 2.05) is 54.0 Å². The van der Waals surface area contributed by atoms with Crippen LogP contribution < -0.4 is 4.72 Å². The Morgan fingerprint density at radius 1 is 1.12 bits per heavy atom. The molecule has 0 atom stereocenters. The third kappa shape index (κ3) is 4.90. The molecular formula is C17H19N5O2S2. The Morgan fingerprint density at radius 2 is 1.88 bits per heavy atom. The number of nitrogens with zero attached hydrogens (tertiary/aromatic N) is 4. The zero-order valence-electron chi connectivity index (χ0n) is 14.5. The summed E-state index contributed by atoms with van der Waals surface area (Å²) in [6.45, 7) is 2.09. The van der Waals surface area contributed by atoms with E-state index in [1.54, 1.807) is 6.20 Å². The second-order valence-electron chi connectivity index (χ2n) is 5.77. The van der Waals surface area contributed by atoms with Gasteiger partial charge in [0.15, 0.2) is 11.0 Å². The van der Waals surface area contributed by atoms with E-state index in [0.717, 1.165) is 23.2 Å². The number of pyridine rings is 1. The normalized spacial score (nSPS) is 11.6. The fraction of sp³-hybridized carbons (Fsp3) is 0.235. The summed E-state index contributed by atoms with van der Waals surface area (Å²) in [7, 11) is -3.32. The molecule has 2 aromatic heterocycles. The molecule has 0 unspecified atom stereocenters. The molecule has 2 heterocycles. The fourth-order valence-corrected chi connectivity index (χ4v) is 3.56. The second kappa shape index (κ2) is 7.98. The van der Waals surface area contributed by atoms with Crippen molar-refractivity contribution >= 4 is 21.8 Å². The molecule has 0 amide bonds. The molecule has 0 fully saturated rings. The van der Waals surface area contributed by atoms with Crippen molar-refractivity contribution in [2.24, 2.45) is 0 Å². The first-order valence-corrected chi connectivity index (χ1v) is 10.8. The van der Waals surface area contributed by atoms with Crippen LogP contribution in [0.4, 0.5) is 0 Å². The Kier molecular flexibility index (Phi) is 5.70. The Labute approximate surface area is 156 Å². The summed E-state index contributed by atoms with van der Waals surface area (Å²) < 4.78 is 27.2. The van der Waals surface area contributed by atoms with Crippen LogP contribution in [0.3, 0.4) is 0 Å². The van der Waals surface area contributed by atoms with Crippen LogP contribution >= 0.6 is 11.8 Å². The van der Waals surface area contributed by atoms with E-state index in [9.17, 15) is 8.42 Å². The summed E-state index contributed by atoms with van der Waals surface area (Å²) in [5.41, 5.74) is 2.96. The maximum absolute atomic E-state index is 11.4. The lowest BCUT2D eigenvalue weighted by Gasteiger charge is -2.11. The lowest BCUT2D eigenvalue weighted by atomic mass is 10.2. The monoisotopic (exact) mass is 389 g/mol. The standard InChI is InChI=1S/C17H19N5O2S2/c1-13-6-8-15(9-7-13)22-16(11-19-26(2,23)24)20-21-17(22)25-12-14-5-3-4-10-18-14/h3-10,19H,11-12H2,1-2H3. The van der Waals surface area contributed by atoms with E-state index in [-0.39, 0.29) is 6.54 Å². The van der Waals surface area contributed by atoms with Gasteiger partial charge < -0.3 is 0 Å². The number of aryl methyl sites for hydroxylation is 1. The Bertz CT molecular complexity index is 970. The molecule has 0 spiro atoms. The van der Waals surface area contributed by atoms with Crippen molar-refractivity contribution in [3.8, 4) is 5.69 Å². The van der Waals surface area contributed by atoms with Gasteiger partial charge in [-0.2, -0.15) is 0 Å². The average Bonchev–Trinajstić information content (AvgIpc) is 3.02. The van der Waals surface area contributed by atoms with Crippen LogP contribution in [0.1, 0.15) is 17.1 Å². The van der Waals surface area contributed by atoms with Crippen molar-refractivity contribution in [3.63, 3.8) is 0 Å². The minimum atomic E-state index is -3.32. The molecule has 3 rings (SSSR count). The van der Waals surface area contributed by atoms with Crippen LogP contribution in [-0.2, 0) is 22.3 Å². The number of aromatic nitrogens is 4. The summed E-state index contributed by atoms with van der Waals surface area (Å²) in [5, 5.41) is 9.10. The predicted octanol–water partition coefficient (Wildman–Crippen LogP) is 2.31. The molecule has 1 aromatic carbocycles. The first-order valence-electron chi connectivity index (χ1n) is 7.91. The van der Waals surface area contributed by atoms with Crippen LogP contribution in [-0.4, -0.2) is 34.4 Å². The minimum Gasteiger partial charge on any atom is -0.273 e. The van der Waals surface area contributed by atoms with Crippen molar-refractivity contribution in [3.05, 3.63) is 65.7 Å². The predicted molar refractivity (Wildman–Crippen MR) is 102 cm³/mol. The van der Waals surface area contributed by atoms with Gasteiger partial charge in [0.25, 0.3) is 0 Å². The van der Waals surface area contributed by atoms with Gasteiger partial charge in [-0.25, -0.2) is 13.1 Å².